The van der Waals surface area contributed by atoms with Crippen LogP contribution in [0.3, 0.4) is 0 Å². The van der Waals surface area contributed by atoms with E-state index in [1.165, 1.54) is 7.11 Å². The number of ether oxygens (including phenoxy) is 2. The first-order chi connectivity index (χ1) is 13.2. The molecule has 1 amide bonds. The van der Waals surface area contributed by atoms with Crippen LogP contribution in [0.15, 0.2) is 66.9 Å². The standard InChI is InChI=1S/C21H21N3O3/c1-26-17-8-9-18(20(13-17)27-2)24-21(25)19-12-16(10-11-22-19)23-14-15-6-4-3-5-7-15/h3-13H,14H2,1-2H3,(H,22,23)(H,24,25). The maximum absolute atomic E-state index is 12.6. The highest BCUT2D eigenvalue weighted by molar-refractivity contribution is 6.04. The zero-order chi connectivity index (χ0) is 19.1. The first kappa shape index (κ1) is 18.3. The number of hydrogen-bond acceptors (Lipinski definition) is 5. The lowest BCUT2D eigenvalue weighted by atomic mass is 10.2. The molecule has 0 saturated carbocycles. The summed E-state index contributed by atoms with van der Waals surface area (Å²) >= 11 is 0. The molecule has 0 radical (unpaired) electrons. The number of benzene rings is 2. The Balaban J connectivity index is 1.70. The molecule has 6 heteroatoms. The van der Waals surface area contributed by atoms with Gasteiger partial charge in [0.05, 0.1) is 19.9 Å². The molecule has 138 valence electrons. The SMILES string of the molecule is COc1ccc(NC(=O)c2cc(NCc3ccccc3)ccn2)c(OC)c1. The molecule has 0 fully saturated rings. The van der Waals surface area contributed by atoms with Crippen LogP contribution in [-0.2, 0) is 6.54 Å². The molecular formula is C21H21N3O3. The molecule has 2 aromatic carbocycles. The van der Waals surface area contributed by atoms with Gasteiger partial charge in [0.1, 0.15) is 17.2 Å². The third kappa shape index (κ3) is 4.76. The van der Waals surface area contributed by atoms with Gasteiger partial charge in [0.15, 0.2) is 0 Å². The maximum Gasteiger partial charge on any atom is 0.274 e. The summed E-state index contributed by atoms with van der Waals surface area (Å²) in [6.07, 6.45) is 1.60. The molecule has 27 heavy (non-hydrogen) atoms. The summed E-state index contributed by atoms with van der Waals surface area (Å²) in [6.45, 7) is 0.665. The number of aromatic nitrogens is 1. The van der Waals surface area contributed by atoms with Crippen LogP contribution in [0, 0.1) is 0 Å². The number of methoxy groups -OCH3 is 2. The summed E-state index contributed by atoms with van der Waals surface area (Å²) in [6, 6.07) is 18.8. The minimum Gasteiger partial charge on any atom is -0.497 e. The second kappa shape index (κ2) is 8.71. The van der Waals surface area contributed by atoms with Crippen LogP contribution in [0.2, 0.25) is 0 Å². The van der Waals surface area contributed by atoms with E-state index in [0.717, 1.165) is 11.3 Å². The summed E-state index contributed by atoms with van der Waals surface area (Å²) in [5, 5.41) is 6.12. The Morgan fingerprint density at radius 3 is 2.56 bits per heavy atom. The monoisotopic (exact) mass is 363 g/mol. The van der Waals surface area contributed by atoms with Crippen molar-refractivity contribution in [3.63, 3.8) is 0 Å². The average molecular weight is 363 g/mol. The van der Waals surface area contributed by atoms with Crippen molar-refractivity contribution in [3.8, 4) is 11.5 Å². The first-order valence-corrected chi connectivity index (χ1v) is 8.47. The van der Waals surface area contributed by atoms with E-state index in [0.29, 0.717) is 29.4 Å². The number of anilines is 2. The number of hydrogen-bond donors (Lipinski definition) is 2. The molecule has 1 heterocycles. The molecule has 0 unspecified atom stereocenters. The van der Waals surface area contributed by atoms with E-state index in [-0.39, 0.29) is 5.91 Å². The molecule has 0 atom stereocenters. The van der Waals surface area contributed by atoms with E-state index in [4.69, 9.17) is 9.47 Å². The summed E-state index contributed by atoms with van der Waals surface area (Å²) in [5.41, 5.74) is 2.84. The molecule has 6 nitrogen and oxygen atoms in total. The zero-order valence-corrected chi connectivity index (χ0v) is 15.2. The third-order valence-electron chi connectivity index (χ3n) is 3.99. The Bertz CT molecular complexity index is 914. The molecule has 0 spiro atoms. The molecule has 0 bridgehead atoms. The van der Waals surface area contributed by atoms with Gasteiger partial charge >= 0.3 is 0 Å². The predicted octanol–water partition coefficient (Wildman–Crippen LogP) is 3.96. The normalized spacial score (nSPS) is 10.1. The number of nitrogens with one attached hydrogen (secondary N) is 2. The highest BCUT2D eigenvalue weighted by Crippen LogP contribution is 2.29. The summed E-state index contributed by atoms with van der Waals surface area (Å²) in [5.74, 6) is 0.845. The van der Waals surface area contributed by atoms with E-state index >= 15 is 0 Å². The molecule has 1 aromatic heterocycles. The Kier molecular flexibility index (Phi) is 5.89. The van der Waals surface area contributed by atoms with Crippen molar-refractivity contribution in [2.24, 2.45) is 0 Å². The van der Waals surface area contributed by atoms with Crippen LogP contribution in [-0.4, -0.2) is 25.1 Å². The smallest absolute Gasteiger partial charge is 0.274 e. The van der Waals surface area contributed by atoms with Gasteiger partial charge in [-0.25, -0.2) is 0 Å². The summed E-state index contributed by atoms with van der Waals surface area (Å²) in [4.78, 5) is 16.7. The van der Waals surface area contributed by atoms with Gasteiger partial charge in [-0.1, -0.05) is 30.3 Å². The topological polar surface area (TPSA) is 72.5 Å². The fraction of sp³-hybridized carbons (Fsp3) is 0.143. The quantitative estimate of drug-likeness (QED) is 0.665. The molecule has 0 aliphatic heterocycles. The summed E-state index contributed by atoms with van der Waals surface area (Å²) < 4.78 is 10.5. The van der Waals surface area contributed by atoms with Gasteiger partial charge in [0, 0.05) is 24.5 Å². The number of carbonyl (C=O) groups excluding carboxylic acids is 1. The third-order valence-corrected chi connectivity index (χ3v) is 3.99. The van der Waals surface area contributed by atoms with Crippen LogP contribution >= 0.6 is 0 Å². The van der Waals surface area contributed by atoms with Gasteiger partial charge in [-0.15, -0.1) is 0 Å². The van der Waals surface area contributed by atoms with Gasteiger partial charge < -0.3 is 20.1 Å². The van der Waals surface area contributed by atoms with Gasteiger partial charge in [-0.05, 0) is 29.8 Å². The van der Waals surface area contributed by atoms with Crippen LogP contribution in [0.25, 0.3) is 0 Å². The van der Waals surface area contributed by atoms with E-state index in [2.05, 4.69) is 15.6 Å². The molecule has 3 aromatic rings. The fourth-order valence-corrected chi connectivity index (χ4v) is 2.55. The first-order valence-electron chi connectivity index (χ1n) is 8.47. The minimum atomic E-state index is -0.318. The zero-order valence-electron chi connectivity index (χ0n) is 15.2. The van der Waals surface area contributed by atoms with Crippen molar-refractivity contribution in [1.29, 1.82) is 0 Å². The molecule has 0 aliphatic carbocycles. The molecule has 2 N–H and O–H groups in total. The molecule has 0 saturated heterocycles. The van der Waals surface area contributed by atoms with Crippen molar-refractivity contribution in [1.82, 2.24) is 4.98 Å². The average Bonchev–Trinajstić information content (AvgIpc) is 2.73. The molecular weight excluding hydrogens is 342 g/mol. The highest BCUT2D eigenvalue weighted by Gasteiger charge is 2.12. The number of rotatable bonds is 7. The lowest BCUT2D eigenvalue weighted by Gasteiger charge is -2.12. The number of carbonyl (C=O) groups is 1. The van der Waals surface area contributed by atoms with Crippen LogP contribution in [0.4, 0.5) is 11.4 Å². The van der Waals surface area contributed by atoms with Crippen LogP contribution < -0.4 is 20.1 Å². The van der Waals surface area contributed by atoms with Crippen LogP contribution in [0.5, 0.6) is 11.5 Å². The maximum atomic E-state index is 12.6. The number of pyridine rings is 1. The second-order valence-electron chi connectivity index (χ2n) is 5.79. The second-order valence-corrected chi connectivity index (χ2v) is 5.79. The van der Waals surface area contributed by atoms with Gasteiger partial charge in [0.25, 0.3) is 5.91 Å². The number of amides is 1. The van der Waals surface area contributed by atoms with Gasteiger partial charge in [0.2, 0.25) is 0 Å². The van der Waals surface area contributed by atoms with E-state index in [1.54, 1.807) is 37.6 Å². The Morgan fingerprint density at radius 2 is 1.81 bits per heavy atom. The number of nitrogens with zero attached hydrogens (tertiary/aromatic N) is 1. The van der Waals surface area contributed by atoms with Gasteiger partial charge in [-0.3, -0.25) is 9.78 Å². The van der Waals surface area contributed by atoms with Crippen molar-refractivity contribution >= 4 is 17.3 Å². The van der Waals surface area contributed by atoms with Crippen molar-refractivity contribution in [2.75, 3.05) is 24.9 Å². The molecule has 0 aliphatic rings. The van der Waals surface area contributed by atoms with Crippen molar-refractivity contribution < 1.29 is 14.3 Å². The van der Waals surface area contributed by atoms with Crippen LogP contribution in [0.1, 0.15) is 16.1 Å². The summed E-state index contributed by atoms with van der Waals surface area (Å²) in [7, 11) is 3.11. The fourth-order valence-electron chi connectivity index (χ4n) is 2.55. The Hall–Kier alpha value is -3.54. The Labute approximate surface area is 158 Å². The molecule has 3 rings (SSSR count). The lowest BCUT2D eigenvalue weighted by Crippen LogP contribution is -2.14. The van der Waals surface area contributed by atoms with E-state index < -0.39 is 0 Å². The largest absolute Gasteiger partial charge is 0.497 e. The van der Waals surface area contributed by atoms with Crippen molar-refractivity contribution in [2.45, 2.75) is 6.54 Å². The Morgan fingerprint density at radius 1 is 1.00 bits per heavy atom. The van der Waals surface area contributed by atoms with Crippen molar-refractivity contribution in [3.05, 3.63) is 78.1 Å². The van der Waals surface area contributed by atoms with Gasteiger partial charge in [-0.2, -0.15) is 0 Å². The minimum absolute atomic E-state index is 0.311. The lowest BCUT2D eigenvalue weighted by molar-refractivity contribution is 0.102. The predicted molar refractivity (Wildman–Crippen MR) is 106 cm³/mol. The highest BCUT2D eigenvalue weighted by atomic mass is 16.5. The van der Waals surface area contributed by atoms with E-state index in [1.807, 2.05) is 36.4 Å². The van der Waals surface area contributed by atoms with E-state index in [9.17, 15) is 4.79 Å².